The molecule has 0 radical (unpaired) electrons. The van der Waals surface area contributed by atoms with Crippen LogP contribution < -0.4 is 0 Å². The number of nitrogens with zero attached hydrogens (tertiary/aromatic N) is 2. The van der Waals surface area contributed by atoms with Gasteiger partial charge in [-0.1, -0.05) is 48.0 Å². The minimum absolute atomic E-state index is 0.141. The lowest BCUT2D eigenvalue weighted by molar-refractivity contribution is -0.384. The molecule has 0 saturated heterocycles. The number of hydrogen-bond acceptors (Lipinski definition) is 4. The van der Waals surface area contributed by atoms with Crippen molar-refractivity contribution in [2.24, 2.45) is 0 Å². The minimum Gasteiger partial charge on any atom is -0.456 e. The lowest BCUT2D eigenvalue weighted by atomic mass is 10.0. The van der Waals surface area contributed by atoms with Gasteiger partial charge in [-0.25, -0.2) is 0 Å². The maximum Gasteiger partial charge on any atom is 0.281 e. The highest BCUT2D eigenvalue weighted by molar-refractivity contribution is 6.30. The van der Waals surface area contributed by atoms with Crippen molar-refractivity contribution in [1.29, 1.82) is 5.26 Å². The number of fused-ring (bicyclic) bond motifs is 1. The van der Waals surface area contributed by atoms with Gasteiger partial charge in [0, 0.05) is 11.1 Å². The number of benzene rings is 3. The van der Waals surface area contributed by atoms with Gasteiger partial charge in [0.05, 0.1) is 22.1 Å². The van der Waals surface area contributed by atoms with Gasteiger partial charge < -0.3 is 4.42 Å². The van der Waals surface area contributed by atoms with E-state index in [0.717, 1.165) is 16.3 Å². The molecule has 0 bridgehead atoms. The number of nitro groups is 1. The summed E-state index contributed by atoms with van der Waals surface area (Å²) in [7, 11) is 0. The third-order valence-corrected chi connectivity index (χ3v) is 4.75. The Balaban J connectivity index is 1.73. The average Bonchev–Trinajstić information content (AvgIpc) is 3.20. The number of nitro benzene ring substituents is 1. The molecule has 0 N–H and O–H groups in total. The normalized spacial score (nSPS) is 11.4. The van der Waals surface area contributed by atoms with Crippen LogP contribution in [0.5, 0.6) is 0 Å². The van der Waals surface area contributed by atoms with E-state index in [4.69, 9.17) is 16.0 Å². The molecule has 0 aliphatic heterocycles. The van der Waals surface area contributed by atoms with Crippen molar-refractivity contribution < 1.29 is 9.34 Å². The maximum atomic E-state index is 11.3. The van der Waals surface area contributed by atoms with Crippen LogP contribution in [0.4, 0.5) is 5.69 Å². The van der Waals surface area contributed by atoms with E-state index in [1.54, 1.807) is 30.3 Å². The summed E-state index contributed by atoms with van der Waals surface area (Å²) in [6.07, 6.45) is 1.62. The van der Waals surface area contributed by atoms with Crippen molar-refractivity contribution in [3.63, 3.8) is 0 Å². The quantitative estimate of drug-likeness (QED) is 0.216. The Hall–Kier alpha value is -3.88. The highest BCUT2D eigenvalue weighted by atomic mass is 35.5. The highest BCUT2D eigenvalue weighted by Gasteiger charge is 2.18. The minimum atomic E-state index is -0.505. The van der Waals surface area contributed by atoms with Crippen LogP contribution in [-0.4, -0.2) is 4.92 Å². The molecule has 0 unspecified atom stereocenters. The van der Waals surface area contributed by atoms with Gasteiger partial charge in [-0.3, -0.25) is 10.1 Å². The Morgan fingerprint density at radius 2 is 1.83 bits per heavy atom. The highest BCUT2D eigenvalue weighted by Crippen LogP contribution is 2.34. The molecule has 1 heterocycles. The third-order valence-electron chi connectivity index (χ3n) is 4.52. The van der Waals surface area contributed by atoms with Crippen molar-refractivity contribution in [3.8, 4) is 17.4 Å². The first-order valence-corrected chi connectivity index (χ1v) is 9.08. The molecule has 0 aliphatic carbocycles. The molecule has 4 aromatic rings. The summed E-state index contributed by atoms with van der Waals surface area (Å²) in [5, 5.41) is 23.3. The molecule has 0 aliphatic rings. The summed E-state index contributed by atoms with van der Waals surface area (Å²) >= 11 is 5.87. The molecule has 0 amide bonds. The Morgan fingerprint density at radius 3 is 2.59 bits per heavy atom. The van der Waals surface area contributed by atoms with E-state index >= 15 is 0 Å². The zero-order valence-corrected chi connectivity index (χ0v) is 15.8. The van der Waals surface area contributed by atoms with E-state index in [2.05, 4.69) is 6.07 Å². The molecule has 5 nitrogen and oxygen atoms in total. The van der Waals surface area contributed by atoms with Crippen molar-refractivity contribution >= 4 is 39.7 Å². The SMILES string of the molecule is N#C/C(=C/c1ccc(-c2ccc(Cl)cc2[N+](=O)[O-])o1)c1ccc2ccccc2c1. The molecule has 0 spiro atoms. The van der Waals surface area contributed by atoms with Gasteiger partial charge in [-0.2, -0.15) is 5.26 Å². The number of rotatable bonds is 4. The molecule has 0 fully saturated rings. The number of furan rings is 1. The molecule has 0 atom stereocenters. The first-order chi connectivity index (χ1) is 14.0. The fourth-order valence-corrected chi connectivity index (χ4v) is 3.28. The molecule has 6 heteroatoms. The average molecular weight is 401 g/mol. The Kier molecular flexibility index (Phi) is 4.86. The predicted octanol–water partition coefficient (Wildman–Crippen LogP) is 6.73. The summed E-state index contributed by atoms with van der Waals surface area (Å²) in [5.74, 6) is 0.754. The summed E-state index contributed by atoms with van der Waals surface area (Å²) < 4.78 is 5.77. The van der Waals surface area contributed by atoms with Crippen LogP contribution >= 0.6 is 11.6 Å². The summed E-state index contributed by atoms with van der Waals surface area (Å²) in [4.78, 5) is 10.8. The van der Waals surface area contributed by atoms with Crippen LogP contribution in [0.15, 0.2) is 77.2 Å². The fraction of sp³-hybridized carbons (Fsp3) is 0. The van der Waals surface area contributed by atoms with Crippen LogP contribution in [0.25, 0.3) is 33.7 Å². The van der Waals surface area contributed by atoms with E-state index in [0.29, 0.717) is 22.7 Å². The maximum absolute atomic E-state index is 11.3. The van der Waals surface area contributed by atoms with E-state index in [-0.39, 0.29) is 10.7 Å². The van der Waals surface area contributed by atoms with Crippen molar-refractivity contribution in [3.05, 3.63) is 99.3 Å². The van der Waals surface area contributed by atoms with Gasteiger partial charge >= 0.3 is 0 Å². The second kappa shape index (κ2) is 7.63. The van der Waals surface area contributed by atoms with Gasteiger partial charge in [-0.15, -0.1) is 0 Å². The standard InChI is InChI=1S/C23H13ClN2O3/c24-19-7-9-21(22(13-19)26(27)28)23-10-8-20(29-23)12-18(14-25)17-6-5-15-3-1-2-4-16(15)11-17/h1-13H/b18-12-. The van der Waals surface area contributed by atoms with E-state index in [1.807, 2.05) is 42.5 Å². The molecular weight excluding hydrogens is 388 g/mol. The van der Waals surface area contributed by atoms with E-state index in [9.17, 15) is 15.4 Å². The number of halogens is 1. The van der Waals surface area contributed by atoms with Crippen molar-refractivity contribution in [2.75, 3.05) is 0 Å². The van der Waals surface area contributed by atoms with Crippen LogP contribution in [0.1, 0.15) is 11.3 Å². The van der Waals surface area contributed by atoms with Gasteiger partial charge in [0.25, 0.3) is 5.69 Å². The van der Waals surface area contributed by atoms with Gasteiger partial charge in [0.1, 0.15) is 11.5 Å². The Bertz CT molecular complexity index is 1320. The second-order valence-corrected chi connectivity index (χ2v) is 6.79. The summed E-state index contributed by atoms with van der Waals surface area (Å²) in [6, 6.07) is 23.6. The van der Waals surface area contributed by atoms with Crippen molar-refractivity contribution in [1.82, 2.24) is 0 Å². The van der Waals surface area contributed by atoms with Gasteiger partial charge in [0.2, 0.25) is 0 Å². The van der Waals surface area contributed by atoms with Gasteiger partial charge in [-0.05, 0) is 52.7 Å². The summed E-state index contributed by atoms with van der Waals surface area (Å²) in [6.45, 7) is 0. The molecule has 29 heavy (non-hydrogen) atoms. The molecule has 1 aromatic heterocycles. The van der Waals surface area contributed by atoms with Crippen LogP contribution in [0.3, 0.4) is 0 Å². The molecule has 0 saturated carbocycles. The largest absolute Gasteiger partial charge is 0.456 e. The number of hydrogen-bond donors (Lipinski definition) is 0. The van der Waals surface area contributed by atoms with E-state index in [1.165, 1.54) is 6.07 Å². The van der Waals surface area contributed by atoms with Crippen molar-refractivity contribution in [2.45, 2.75) is 0 Å². The molecule has 4 rings (SSSR count). The lowest BCUT2D eigenvalue weighted by Crippen LogP contribution is -1.91. The molecule has 140 valence electrons. The predicted molar refractivity (Wildman–Crippen MR) is 113 cm³/mol. The van der Waals surface area contributed by atoms with Crippen LogP contribution in [0, 0.1) is 21.4 Å². The first-order valence-electron chi connectivity index (χ1n) is 8.70. The Labute approximate surface area is 171 Å². The number of allylic oxidation sites excluding steroid dienone is 1. The van der Waals surface area contributed by atoms with Crippen LogP contribution in [0.2, 0.25) is 5.02 Å². The zero-order valence-electron chi connectivity index (χ0n) is 15.0. The first kappa shape index (κ1) is 18.5. The second-order valence-electron chi connectivity index (χ2n) is 6.35. The van der Waals surface area contributed by atoms with E-state index < -0.39 is 4.92 Å². The van der Waals surface area contributed by atoms with Crippen LogP contribution in [-0.2, 0) is 0 Å². The number of nitriles is 1. The topological polar surface area (TPSA) is 80.1 Å². The monoisotopic (exact) mass is 400 g/mol. The summed E-state index contributed by atoms with van der Waals surface area (Å²) in [5.41, 5.74) is 1.38. The molecule has 3 aromatic carbocycles. The third kappa shape index (κ3) is 3.75. The lowest BCUT2D eigenvalue weighted by Gasteiger charge is -2.02. The van der Waals surface area contributed by atoms with Gasteiger partial charge in [0.15, 0.2) is 0 Å². The zero-order chi connectivity index (χ0) is 20.4. The Morgan fingerprint density at radius 1 is 1.03 bits per heavy atom. The molecular formula is C23H13ClN2O3. The smallest absolute Gasteiger partial charge is 0.281 e. The fourth-order valence-electron chi connectivity index (χ4n) is 3.12.